The molecule has 0 unspecified atom stereocenters. The van der Waals surface area contributed by atoms with E-state index in [1.807, 2.05) is 18.5 Å². The number of aryl methyl sites for hydroxylation is 2. The summed E-state index contributed by atoms with van der Waals surface area (Å²) in [5, 5.41) is 4.95. The molecule has 0 radical (unpaired) electrons. The predicted octanol–water partition coefficient (Wildman–Crippen LogP) is 3.18. The van der Waals surface area contributed by atoms with E-state index in [0.717, 1.165) is 35.2 Å². The molecule has 3 heterocycles. The second-order valence-electron chi connectivity index (χ2n) is 5.71. The summed E-state index contributed by atoms with van der Waals surface area (Å²) in [4.78, 5) is 4.53. The molecule has 0 saturated carbocycles. The number of benzene rings is 1. The monoisotopic (exact) mass is 301 g/mol. The van der Waals surface area contributed by atoms with Crippen LogP contribution in [0.2, 0.25) is 0 Å². The fraction of sp³-hybridized carbons (Fsp3) is 0.375. The van der Waals surface area contributed by atoms with Crippen molar-refractivity contribution in [2.45, 2.75) is 19.3 Å². The SMILES string of the molecule is Cc1c(-c2nc([C@@H]3CCOC3)no2)n(C)c2ccc(F)cc12. The van der Waals surface area contributed by atoms with E-state index in [4.69, 9.17) is 9.26 Å². The van der Waals surface area contributed by atoms with Crippen LogP contribution in [-0.4, -0.2) is 27.9 Å². The third-order valence-corrected chi connectivity index (χ3v) is 4.35. The minimum Gasteiger partial charge on any atom is -0.381 e. The molecule has 0 N–H and O–H groups in total. The Morgan fingerprint density at radius 1 is 1.36 bits per heavy atom. The smallest absolute Gasteiger partial charge is 0.274 e. The number of fused-ring (bicyclic) bond motifs is 1. The lowest BCUT2D eigenvalue weighted by molar-refractivity contribution is 0.192. The van der Waals surface area contributed by atoms with Gasteiger partial charge in [-0.2, -0.15) is 4.98 Å². The summed E-state index contributed by atoms with van der Waals surface area (Å²) in [5.74, 6) is 1.11. The maximum atomic E-state index is 13.5. The van der Waals surface area contributed by atoms with Gasteiger partial charge in [0.2, 0.25) is 0 Å². The van der Waals surface area contributed by atoms with Gasteiger partial charge in [-0.3, -0.25) is 0 Å². The van der Waals surface area contributed by atoms with Gasteiger partial charge in [-0.1, -0.05) is 5.16 Å². The highest BCUT2D eigenvalue weighted by Gasteiger charge is 2.25. The highest BCUT2D eigenvalue weighted by molar-refractivity contribution is 5.90. The number of nitrogens with zero attached hydrogens (tertiary/aromatic N) is 3. The van der Waals surface area contributed by atoms with Crippen LogP contribution in [0.3, 0.4) is 0 Å². The summed E-state index contributed by atoms with van der Waals surface area (Å²) in [6.45, 7) is 3.32. The standard InChI is InChI=1S/C16H16FN3O2/c1-9-12-7-11(17)3-4-13(12)20(2)14(9)16-18-15(19-22-16)10-5-6-21-8-10/h3-4,7,10H,5-6,8H2,1-2H3/t10-/m1/s1. The van der Waals surface area contributed by atoms with Crippen molar-refractivity contribution in [1.82, 2.24) is 14.7 Å². The Bertz CT molecular complexity index is 847. The summed E-state index contributed by atoms with van der Waals surface area (Å²) in [5.41, 5.74) is 2.71. The van der Waals surface area contributed by atoms with Crippen LogP contribution >= 0.6 is 0 Å². The molecule has 6 heteroatoms. The highest BCUT2D eigenvalue weighted by atomic mass is 19.1. The van der Waals surface area contributed by atoms with Gasteiger partial charge in [0.15, 0.2) is 5.82 Å². The predicted molar refractivity (Wildman–Crippen MR) is 79.1 cm³/mol. The molecule has 0 bridgehead atoms. The number of hydrogen-bond acceptors (Lipinski definition) is 4. The molecular weight excluding hydrogens is 285 g/mol. The van der Waals surface area contributed by atoms with Crippen LogP contribution in [0.1, 0.15) is 23.7 Å². The van der Waals surface area contributed by atoms with Crippen molar-refractivity contribution in [3.63, 3.8) is 0 Å². The Labute approximate surface area is 126 Å². The molecule has 3 aromatic rings. The zero-order valence-corrected chi connectivity index (χ0v) is 12.5. The highest BCUT2D eigenvalue weighted by Crippen LogP contribution is 2.33. The molecule has 22 heavy (non-hydrogen) atoms. The Balaban J connectivity index is 1.84. The van der Waals surface area contributed by atoms with Gasteiger partial charge in [0, 0.05) is 30.5 Å². The van der Waals surface area contributed by atoms with Crippen molar-refractivity contribution >= 4 is 10.9 Å². The van der Waals surface area contributed by atoms with Gasteiger partial charge in [-0.05, 0) is 37.1 Å². The van der Waals surface area contributed by atoms with Crippen LogP contribution in [0, 0.1) is 12.7 Å². The Morgan fingerprint density at radius 3 is 3.00 bits per heavy atom. The van der Waals surface area contributed by atoms with E-state index in [-0.39, 0.29) is 11.7 Å². The summed E-state index contributed by atoms with van der Waals surface area (Å²) in [6.07, 6.45) is 0.915. The lowest BCUT2D eigenvalue weighted by Crippen LogP contribution is -2.00. The Kier molecular flexibility index (Phi) is 3.00. The lowest BCUT2D eigenvalue weighted by Gasteiger charge is -2.00. The molecule has 1 atom stereocenters. The molecule has 4 rings (SSSR count). The second-order valence-corrected chi connectivity index (χ2v) is 5.71. The normalized spacial score (nSPS) is 18.4. The van der Waals surface area contributed by atoms with Crippen LogP contribution < -0.4 is 0 Å². The van der Waals surface area contributed by atoms with Crippen molar-refractivity contribution in [3.8, 4) is 11.6 Å². The molecular formula is C16H16FN3O2. The van der Waals surface area contributed by atoms with Gasteiger partial charge < -0.3 is 13.8 Å². The third kappa shape index (κ3) is 1.94. The molecule has 1 aliphatic rings. The van der Waals surface area contributed by atoms with E-state index in [0.29, 0.717) is 18.3 Å². The number of aromatic nitrogens is 3. The number of hydrogen-bond donors (Lipinski definition) is 0. The molecule has 1 aliphatic heterocycles. The summed E-state index contributed by atoms with van der Waals surface area (Å²) in [6, 6.07) is 4.76. The summed E-state index contributed by atoms with van der Waals surface area (Å²) < 4.78 is 26.3. The molecule has 0 spiro atoms. The topological polar surface area (TPSA) is 53.1 Å². The second kappa shape index (κ2) is 4.91. The van der Waals surface area contributed by atoms with E-state index in [1.165, 1.54) is 12.1 Å². The quantitative estimate of drug-likeness (QED) is 0.729. The molecule has 1 aromatic carbocycles. The van der Waals surface area contributed by atoms with Gasteiger partial charge in [0.1, 0.15) is 11.5 Å². The number of halogens is 1. The van der Waals surface area contributed by atoms with Crippen molar-refractivity contribution in [2.75, 3.05) is 13.2 Å². The average molecular weight is 301 g/mol. The molecule has 1 saturated heterocycles. The first-order valence-electron chi connectivity index (χ1n) is 7.31. The van der Waals surface area contributed by atoms with E-state index in [9.17, 15) is 4.39 Å². The van der Waals surface area contributed by atoms with E-state index in [2.05, 4.69) is 10.1 Å². The third-order valence-electron chi connectivity index (χ3n) is 4.35. The van der Waals surface area contributed by atoms with Crippen LogP contribution in [0.4, 0.5) is 4.39 Å². The first-order chi connectivity index (χ1) is 10.6. The van der Waals surface area contributed by atoms with E-state index in [1.54, 1.807) is 6.07 Å². The first kappa shape index (κ1) is 13.5. The molecule has 0 amide bonds. The molecule has 1 fully saturated rings. The fourth-order valence-electron chi connectivity index (χ4n) is 3.14. The van der Waals surface area contributed by atoms with Gasteiger partial charge in [-0.15, -0.1) is 0 Å². The molecule has 0 aliphatic carbocycles. The largest absolute Gasteiger partial charge is 0.381 e. The van der Waals surface area contributed by atoms with E-state index < -0.39 is 0 Å². The van der Waals surface area contributed by atoms with Gasteiger partial charge in [-0.25, -0.2) is 4.39 Å². The maximum Gasteiger partial charge on any atom is 0.274 e. The molecule has 2 aromatic heterocycles. The molecule has 5 nitrogen and oxygen atoms in total. The van der Waals surface area contributed by atoms with Crippen molar-refractivity contribution in [1.29, 1.82) is 0 Å². The lowest BCUT2D eigenvalue weighted by atomic mass is 10.1. The van der Waals surface area contributed by atoms with Gasteiger partial charge in [0.05, 0.1) is 6.61 Å². The Morgan fingerprint density at radius 2 is 2.23 bits per heavy atom. The molecule has 114 valence electrons. The fourth-order valence-corrected chi connectivity index (χ4v) is 3.14. The van der Waals surface area contributed by atoms with Crippen molar-refractivity contribution in [3.05, 3.63) is 35.4 Å². The zero-order chi connectivity index (χ0) is 15.3. The van der Waals surface area contributed by atoms with Crippen LogP contribution in [0.25, 0.3) is 22.5 Å². The number of ether oxygens (including phenoxy) is 1. The van der Waals surface area contributed by atoms with Gasteiger partial charge in [0.25, 0.3) is 5.89 Å². The van der Waals surface area contributed by atoms with Crippen LogP contribution in [-0.2, 0) is 11.8 Å². The summed E-state index contributed by atoms with van der Waals surface area (Å²) in [7, 11) is 1.92. The van der Waals surface area contributed by atoms with Crippen LogP contribution in [0.5, 0.6) is 0 Å². The minimum absolute atomic E-state index is 0.199. The van der Waals surface area contributed by atoms with Crippen LogP contribution in [0.15, 0.2) is 22.7 Å². The van der Waals surface area contributed by atoms with Crippen molar-refractivity contribution < 1.29 is 13.7 Å². The van der Waals surface area contributed by atoms with Crippen molar-refractivity contribution in [2.24, 2.45) is 7.05 Å². The maximum absolute atomic E-state index is 13.5. The zero-order valence-electron chi connectivity index (χ0n) is 12.5. The van der Waals surface area contributed by atoms with Gasteiger partial charge >= 0.3 is 0 Å². The Hall–Kier alpha value is -2.21. The first-order valence-corrected chi connectivity index (χ1v) is 7.31. The van der Waals surface area contributed by atoms with E-state index >= 15 is 0 Å². The number of rotatable bonds is 2. The summed E-state index contributed by atoms with van der Waals surface area (Å²) >= 11 is 0. The average Bonchev–Trinajstić information content (AvgIpc) is 3.21. The minimum atomic E-state index is -0.248.